The Balaban J connectivity index is 1.59. The summed E-state index contributed by atoms with van der Waals surface area (Å²) in [6.07, 6.45) is 2.21. The van der Waals surface area contributed by atoms with Gasteiger partial charge in [0.1, 0.15) is 23.3 Å². The molecule has 4 rings (SSSR count). The maximum Gasteiger partial charge on any atom is 0.219 e. The van der Waals surface area contributed by atoms with E-state index in [2.05, 4.69) is 0 Å². The smallest absolute Gasteiger partial charge is 0.219 e. The molecule has 2 aromatic carbocycles. The van der Waals surface area contributed by atoms with E-state index in [9.17, 15) is 18.8 Å². The Labute approximate surface area is 182 Å². The number of aryl methyl sites for hydroxylation is 2. The van der Waals surface area contributed by atoms with E-state index in [4.69, 9.17) is 0 Å². The van der Waals surface area contributed by atoms with Crippen LogP contribution < -0.4 is 0 Å². The lowest BCUT2D eigenvalue weighted by Crippen LogP contribution is -2.48. The third kappa shape index (κ3) is 4.06. The molecule has 2 aliphatic rings. The van der Waals surface area contributed by atoms with Crippen molar-refractivity contribution in [3.63, 3.8) is 0 Å². The van der Waals surface area contributed by atoms with Gasteiger partial charge in [-0.2, -0.15) is 0 Å². The summed E-state index contributed by atoms with van der Waals surface area (Å²) in [5.74, 6) is -0.954. The predicted molar refractivity (Wildman–Crippen MR) is 117 cm³/mol. The van der Waals surface area contributed by atoms with E-state index in [1.807, 2.05) is 26.0 Å². The zero-order valence-corrected chi connectivity index (χ0v) is 18.3. The maximum absolute atomic E-state index is 13.3. The largest absolute Gasteiger partial charge is 0.343 e. The van der Waals surface area contributed by atoms with Crippen LogP contribution in [0.25, 0.3) is 11.1 Å². The van der Waals surface area contributed by atoms with E-state index in [-0.39, 0.29) is 28.7 Å². The molecule has 0 unspecified atom stereocenters. The first kappa shape index (κ1) is 21.4. The lowest BCUT2D eigenvalue weighted by Gasteiger charge is -2.44. The van der Waals surface area contributed by atoms with Gasteiger partial charge in [-0.3, -0.25) is 14.4 Å². The summed E-state index contributed by atoms with van der Waals surface area (Å²) in [6, 6.07) is 10.3. The molecule has 1 spiro atoms. The van der Waals surface area contributed by atoms with Gasteiger partial charge in [0.2, 0.25) is 5.91 Å². The van der Waals surface area contributed by atoms with E-state index in [1.165, 1.54) is 12.1 Å². The average Bonchev–Trinajstić information content (AvgIpc) is 2.70. The molecule has 1 heterocycles. The number of carbonyl (C=O) groups is 3. The van der Waals surface area contributed by atoms with Crippen molar-refractivity contribution in [2.75, 3.05) is 13.1 Å². The highest BCUT2D eigenvalue weighted by molar-refractivity contribution is 6.10. The minimum atomic E-state index is -0.710. The molecule has 0 N–H and O–H groups in total. The molecule has 0 aromatic heterocycles. The van der Waals surface area contributed by atoms with Crippen LogP contribution in [0.4, 0.5) is 4.39 Å². The van der Waals surface area contributed by atoms with Crippen molar-refractivity contribution >= 4 is 17.5 Å². The second kappa shape index (κ2) is 8.03. The Bertz CT molecular complexity index is 1010. The number of piperidine rings is 1. The van der Waals surface area contributed by atoms with Crippen LogP contribution in [-0.2, 0) is 14.4 Å². The fraction of sp³-hybridized carbons (Fsp3) is 0.423. The van der Waals surface area contributed by atoms with Crippen molar-refractivity contribution in [1.82, 2.24) is 4.90 Å². The van der Waals surface area contributed by atoms with Crippen molar-refractivity contribution in [1.29, 1.82) is 0 Å². The Hall–Kier alpha value is -2.82. The summed E-state index contributed by atoms with van der Waals surface area (Å²) in [4.78, 5) is 39.9. The van der Waals surface area contributed by atoms with Crippen LogP contribution >= 0.6 is 0 Å². The Morgan fingerprint density at radius 3 is 1.94 bits per heavy atom. The molecule has 2 fully saturated rings. The maximum atomic E-state index is 13.3. The molecule has 0 radical (unpaired) electrons. The highest BCUT2D eigenvalue weighted by atomic mass is 19.1. The first-order valence-corrected chi connectivity index (χ1v) is 10.9. The van der Waals surface area contributed by atoms with Gasteiger partial charge in [0.15, 0.2) is 0 Å². The van der Waals surface area contributed by atoms with Gasteiger partial charge in [0, 0.05) is 32.9 Å². The lowest BCUT2D eigenvalue weighted by molar-refractivity contribution is -0.139. The molecule has 2 aromatic rings. The van der Waals surface area contributed by atoms with Crippen LogP contribution in [0.2, 0.25) is 0 Å². The van der Waals surface area contributed by atoms with Crippen molar-refractivity contribution < 1.29 is 18.8 Å². The van der Waals surface area contributed by atoms with Crippen molar-refractivity contribution in [3.05, 3.63) is 58.9 Å². The fourth-order valence-electron chi connectivity index (χ4n) is 5.40. The SMILES string of the molecule is CC(=O)N1CCC2(CC1)CC(=O)C(c1c(C)cc(-c3ccc(F)cc3)cc1C)C(=O)C2. The molecule has 1 saturated carbocycles. The van der Waals surface area contributed by atoms with E-state index in [0.717, 1.165) is 27.8 Å². The number of benzene rings is 2. The Kier molecular flexibility index (Phi) is 5.54. The zero-order valence-electron chi connectivity index (χ0n) is 18.3. The monoisotopic (exact) mass is 421 g/mol. The van der Waals surface area contributed by atoms with Crippen LogP contribution in [0, 0.1) is 25.1 Å². The molecule has 31 heavy (non-hydrogen) atoms. The molecule has 5 heteroatoms. The minimum absolute atomic E-state index is 0.00624. The molecule has 1 aliphatic carbocycles. The molecule has 1 aliphatic heterocycles. The van der Waals surface area contributed by atoms with Gasteiger partial charge < -0.3 is 4.90 Å². The number of Topliss-reactive ketones (excluding diaryl/α,β-unsaturated/α-hetero) is 2. The van der Waals surface area contributed by atoms with Crippen molar-refractivity contribution in [3.8, 4) is 11.1 Å². The number of halogens is 1. The summed E-state index contributed by atoms with van der Waals surface area (Å²) in [6.45, 7) is 6.67. The second-order valence-corrected chi connectivity index (χ2v) is 9.26. The first-order chi connectivity index (χ1) is 14.7. The molecule has 0 atom stereocenters. The van der Waals surface area contributed by atoms with E-state index < -0.39 is 5.92 Å². The number of rotatable bonds is 2. The van der Waals surface area contributed by atoms with E-state index in [0.29, 0.717) is 38.8 Å². The average molecular weight is 422 g/mol. The number of likely N-dealkylation sites (tertiary alicyclic amines) is 1. The van der Waals surface area contributed by atoms with Gasteiger partial charge >= 0.3 is 0 Å². The number of carbonyl (C=O) groups excluding carboxylic acids is 3. The number of hydrogen-bond acceptors (Lipinski definition) is 3. The quantitative estimate of drug-likeness (QED) is 0.658. The number of amides is 1. The minimum Gasteiger partial charge on any atom is -0.343 e. The summed E-state index contributed by atoms with van der Waals surface area (Å²) in [7, 11) is 0. The second-order valence-electron chi connectivity index (χ2n) is 9.26. The highest BCUT2D eigenvalue weighted by Crippen LogP contribution is 2.47. The van der Waals surface area contributed by atoms with Gasteiger partial charge in [-0.05, 0) is 72.1 Å². The molecule has 4 nitrogen and oxygen atoms in total. The normalized spacial score (nSPS) is 19.2. The van der Waals surface area contributed by atoms with Crippen molar-refractivity contribution in [2.45, 2.75) is 52.4 Å². The molecular formula is C26H28FNO3. The zero-order chi connectivity index (χ0) is 22.3. The van der Waals surface area contributed by atoms with Crippen LogP contribution in [0.1, 0.15) is 55.2 Å². The Morgan fingerprint density at radius 2 is 1.45 bits per heavy atom. The predicted octanol–water partition coefficient (Wildman–Crippen LogP) is 4.75. The standard InChI is InChI=1S/C26H28FNO3/c1-16-12-20(19-4-6-21(27)7-5-19)13-17(2)24(16)25-22(30)14-26(15-23(25)31)8-10-28(11-9-26)18(3)29/h4-7,12-13,25H,8-11,14-15H2,1-3H3. The number of hydrogen-bond donors (Lipinski definition) is 0. The highest BCUT2D eigenvalue weighted by Gasteiger charge is 2.47. The van der Waals surface area contributed by atoms with Crippen LogP contribution in [-0.4, -0.2) is 35.5 Å². The van der Waals surface area contributed by atoms with Gasteiger partial charge in [-0.25, -0.2) is 4.39 Å². The van der Waals surface area contributed by atoms with Crippen molar-refractivity contribution in [2.24, 2.45) is 5.41 Å². The van der Waals surface area contributed by atoms with Gasteiger partial charge in [-0.1, -0.05) is 24.3 Å². The van der Waals surface area contributed by atoms with Crippen LogP contribution in [0.5, 0.6) is 0 Å². The lowest BCUT2D eigenvalue weighted by atomic mass is 9.62. The first-order valence-electron chi connectivity index (χ1n) is 10.9. The van der Waals surface area contributed by atoms with Gasteiger partial charge in [0.05, 0.1) is 0 Å². The van der Waals surface area contributed by atoms with Crippen LogP contribution in [0.3, 0.4) is 0 Å². The van der Waals surface area contributed by atoms with Gasteiger partial charge in [0.25, 0.3) is 0 Å². The Morgan fingerprint density at radius 1 is 0.935 bits per heavy atom. The third-order valence-electron chi connectivity index (χ3n) is 7.07. The molecule has 0 bridgehead atoms. The molecule has 1 saturated heterocycles. The number of ketones is 2. The van der Waals surface area contributed by atoms with Crippen LogP contribution in [0.15, 0.2) is 36.4 Å². The molecule has 1 amide bonds. The van der Waals surface area contributed by atoms with Gasteiger partial charge in [-0.15, -0.1) is 0 Å². The fourth-order valence-corrected chi connectivity index (χ4v) is 5.40. The molecule has 162 valence electrons. The number of nitrogens with zero attached hydrogens (tertiary/aromatic N) is 1. The summed E-state index contributed by atoms with van der Waals surface area (Å²) >= 11 is 0. The van der Waals surface area contributed by atoms with E-state index in [1.54, 1.807) is 24.0 Å². The summed E-state index contributed by atoms with van der Waals surface area (Å²) < 4.78 is 13.3. The topological polar surface area (TPSA) is 54.5 Å². The van der Waals surface area contributed by atoms with E-state index >= 15 is 0 Å². The summed E-state index contributed by atoms with van der Waals surface area (Å²) in [5, 5.41) is 0. The molecular weight excluding hydrogens is 393 g/mol. The summed E-state index contributed by atoms with van der Waals surface area (Å²) in [5.41, 5.74) is 4.18. The third-order valence-corrected chi connectivity index (χ3v) is 7.07.